The molecule has 0 unspecified atom stereocenters. The average Bonchev–Trinajstić information content (AvgIpc) is 3.36. The number of hydrogen-bond acceptors (Lipinski definition) is 5. The van der Waals surface area contributed by atoms with Gasteiger partial charge in [0.05, 0.1) is 33.0 Å². The van der Waals surface area contributed by atoms with Crippen molar-refractivity contribution in [1.82, 2.24) is 0 Å². The molecule has 0 spiro atoms. The van der Waals surface area contributed by atoms with Crippen LogP contribution in [-0.4, -0.2) is 37.6 Å². The molecule has 0 radical (unpaired) electrons. The van der Waals surface area contributed by atoms with Gasteiger partial charge in [-0.15, -0.1) is 0 Å². The zero-order valence-corrected chi connectivity index (χ0v) is 19.1. The van der Waals surface area contributed by atoms with Gasteiger partial charge in [0.1, 0.15) is 24.1 Å². The Bertz CT molecular complexity index is 1040. The Hall–Kier alpha value is -2.96. The van der Waals surface area contributed by atoms with E-state index in [1.165, 1.54) is 0 Å². The van der Waals surface area contributed by atoms with E-state index in [0.717, 1.165) is 22.4 Å². The highest BCUT2D eigenvalue weighted by Crippen LogP contribution is 2.34. The fourth-order valence-corrected chi connectivity index (χ4v) is 4.34. The summed E-state index contributed by atoms with van der Waals surface area (Å²) in [7, 11) is 0. The van der Waals surface area contributed by atoms with Crippen molar-refractivity contribution in [1.29, 1.82) is 0 Å². The first-order valence-corrected chi connectivity index (χ1v) is 11.8. The number of benzene rings is 3. The lowest BCUT2D eigenvalue weighted by molar-refractivity contribution is -0.213. The number of hydrogen-bond donors (Lipinski definition) is 0. The maximum absolute atomic E-state index is 6.46. The molecule has 2 aliphatic heterocycles. The predicted octanol–water partition coefficient (Wildman–Crippen LogP) is 5.06. The Morgan fingerprint density at radius 3 is 1.76 bits per heavy atom. The predicted molar refractivity (Wildman–Crippen MR) is 129 cm³/mol. The highest BCUT2D eigenvalue weighted by Gasteiger charge is 2.47. The summed E-state index contributed by atoms with van der Waals surface area (Å²) in [5, 5.41) is 0. The molecule has 4 atom stereocenters. The summed E-state index contributed by atoms with van der Waals surface area (Å²) >= 11 is 0. The van der Waals surface area contributed by atoms with Crippen LogP contribution >= 0.6 is 0 Å². The van der Waals surface area contributed by atoms with Crippen LogP contribution in [0.5, 0.6) is 0 Å². The molecule has 2 aliphatic rings. The molecule has 0 bridgehead atoms. The zero-order valence-electron chi connectivity index (χ0n) is 19.1. The van der Waals surface area contributed by atoms with Crippen molar-refractivity contribution in [2.75, 3.05) is 13.2 Å². The van der Waals surface area contributed by atoms with Gasteiger partial charge in [0.25, 0.3) is 0 Å². The molecule has 5 heteroatoms. The number of ether oxygens (including phenoxy) is 5. The van der Waals surface area contributed by atoms with Gasteiger partial charge in [0, 0.05) is 0 Å². The topological polar surface area (TPSA) is 46.2 Å². The van der Waals surface area contributed by atoms with E-state index in [1.54, 1.807) is 0 Å². The van der Waals surface area contributed by atoms with Gasteiger partial charge < -0.3 is 23.7 Å². The van der Waals surface area contributed by atoms with E-state index in [2.05, 4.69) is 36.4 Å². The summed E-state index contributed by atoms with van der Waals surface area (Å²) in [5.41, 5.74) is 3.33. The SMILES string of the molecule is C1=C2O[C@H](COCc3ccccc3)[C@@H](OCc3ccccc3)[C@H](OCc3ccccc3)[C@H]2OC1. The summed E-state index contributed by atoms with van der Waals surface area (Å²) in [5.74, 6) is 0.811. The fraction of sp³-hybridized carbons (Fsp3) is 0.310. The minimum absolute atomic E-state index is 0.283. The molecule has 1 fully saturated rings. The van der Waals surface area contributed by atoms with Crippen molar-refractivity contribution >= 4 is 0 Å². The third kappa shape index (κ3) is 5.75. The van der Waals surface area contributed by atoms with Crippen LogP contribution in [0.4, 0.5) is 0 Å². The van der Waals surface area contributed by atoms with Crippen LogP contribution in [0.25, 0.3) is 0 Å². The smallest absolute Gasteiger partial charge is 0.150 e. The van der Waals surface area contributed by atoms with Crippen molar-refractivity contribution in [3.63, 3.8) is 0 Å². The molecule has 5 rings (SSSR count). The van der Waals surface area contributed by atoms with Gasteiger partial charge in [-0.2, -0.15) is 0 Å². The molecule has 0 N–H and O–H groups in total. The fourth-order valence-electron chi connectivity index (χ4n) is 4.34. The summed E-state index contributed by atoms with van der Waals surface area (Å²) in [6.45, 7) is 2.35. The van der Waals surface area contributed by atoms with Gasteiger partial charge in [0.2, 0.25) is 0 Å². The normalized spacial score (nSPS) is 23.7. The average molecular weight is 459 g/mol. The number of rotatable bonds is 10. The molecule has 0 amide bonds. The van der Waals surface area contributed by atoms with Gasteiger partial charge >= 0.3 is 0 Å². The van der Waals surface area contributed by atoms with E-state index >= 15 is 0 Å². The molecule has 1 saturated heterocycles. The summed E-state index contributed by atoms with van der Waals surface area (Å²) in [4.78, 5) is 0. The highest BCUT2D eigenvalue weighted by atomic mass is 16.6. The largest absolute Gasteiger partial charge is 0.487 e. The first kappa shape index (κ1) is 22.8. The van der Waals surface area contributed by atoms with E-state index in [9.17, 15) is 0 Å². The lowest BCUT2D eigenvalue weighted by Gasteiger charge is -2.41. The molecule has 0 aromatic heterocycles. The van der Waals surface area contributed by atoms with Gasteiger partial charge in [0.15, 0.2) is 6.10 Å². The monoisotopic (exact) mass is 458 g/mol. The van der Waals surface area contributed by atoms with Gasteiger partial charge in [-0.3, -0.25) is 0 Å². The van der Waals surface area contributed by atoms with Crippen molar-refractivity contribution in [2.45, 2.75) is 44.2 Å². The van der Waals surface area contributed by atoms with Gasteiger partial charge in [-0.1, -0.05) is 91.0 Å². The van der Waals surface area contributed by atoms with Crippen molar-refractivity contribution in [3.8, 4) is 0 Å². The minimum Gasteiger partial charge on any atom is -0.487 e. The molecule has 5 nitrogen and oxygen atoms in total. The first-order valence-electron chi connectivity index (χ1n) is 11.8. The maximum atomic E-state index is 6.46. The molecule has 34 heavy (non-hydrogen) atoms. The molecule has 3 aromatic carbocycles. The zero-order chi connectivity index (χ0) is 23.0. The van der Waals surface area contributed by atoms with Crippen molar-refractivity contribution < 1.29 is 23.7 Å². The molecule has 0 aliphatic carbocycles. The second-order valence-electron chi connectivity index (χ2n) is 8.54. The van der Waals surface area contributed by atoms with Crippen LogP contribution in [0, 0.1) is 0 Å². The van der Waals surface area contributed by atoms with E-state index in [0.29, 0.717) is 33.0 Å². The molecular weight excluding hydrogens is 428 g/mol. The lowest BCUT2D eigenvalue weighted by Crippen LogP contribution is -2.55. The highest BCUT2D eigenvalue weighted by molar-refractivity contribution is 5.18. The van der Waals surface area contributed by atoms with Crippen molar-refractivity contribution in [2.24, 2.45) is 0 Å². The molecule has 3 aromatic rings. The Labute approximate surface area is 200 Å². The van der Waals surface area contributed by atoms with Crippen LogP contribution < -0.4 is 0 Å². The van der Waals surface area contributed by atoms with Gasteiger partial charge in [-0.25, -0.2) is 0 Å². The first-order chi connectivity index (χ1) is 16.9. The van der Waals surface area contributed by atoms with E-state index < -0.39 is 0 Å². The van der Waals surface area contributed by atoms with Crippen LogP contribution in [0.1, 0.15) is 16.7 Å². The standard InChI is InChI=1S/C29H30O5/c1-4-10-22(11-5-1)18-30-21-26-28(32-19-23-12-6-2-7-13-23)29(27-25(34-26)16-17-31-27)33-20-24-14-8-3-9-15-24/h1-16,26-29H,17-21H2/t26-,27+,28-,29-/m1/s1. The Balaban J connectivity index is 1.32. The Kier molecular flexibility index (Phi) is 7.68. The molecule has 176 valence electrons. The van der Waals surface area contributed by atoms with E-state index in [1.807, 2.05) is 60.7 Å². The third-order valence-corrected chi connectivity index (χ3v) is 6.08. The van der Waals surface area contributed by atoms with Crippen LogP contribution in [0.2, 0.25) is 0 Å². The van der Waals surface area contributed by atoms with Crippen LogP contribution in [0.15, 0.2) is 103 Å². The Morgan fingerprint density at radius 2 is 1.18 bits per heavy atom. The molecular formula is C29H30O5. The van der Waals surface area contributed by atoms with E-state index in [-0.39, 0.29) is 24.4 Å². The summed E-state index contributed by atoms with van der Waals surface area (Å²) < 4.78 is 31.3. The maximum Gasteiger partial charge on any atom is 0.150 e. The minimum atomic E-state index is -0.347. The Morgan fingerprint density at radius 1 is 0.647 bits per heavy atom. The molecule has 2 heterocycles. The lowest BCUT2D eigenvalue weighted by atomic mass is 9.97. The number of fused-ring (bicyclic) bond motifs is 1. The van der Waals surface area contributed by atoms with Crippen LogP contribution in [0.3, 0.4) is 0 Å². The van der Waals surface area contributed by atoms with Crippen LogP contribution in [-0.2, 0) is 43.5 Å². The second-order valence-corrected chi connectivity index (χ2v) is 8.54. The van der Waals surface area contributed by atoms with E-state index in [4.69, 9.17) is 23.7 Å². The summed E-state index contributed by atoms with van der Waals surface area (Å²) in [6.07, 6.45) is 0.741. The second kappa shape index (κ2) is 11.4. The third-order valence-electron chi connectivity index (χ3n) is 6.08. The summed E-state index contributed by atoms with van der Waals surface area (Å²) in [6, 6.07) is 30.5. The molecule has 0 saturated carbocycles. The van der Waals surface area contributed by atoms with Gasteiger partial charge in [-0.05, 0) is 22.8 Å². The van der Waals surface area contributed by atoms with Crippen molar-refractivity contribution in [3.05, 3.63) is 120 Å². The quantitative estimate of drug-likeness (QED) is 0.425.